The summed E-state index contributed by atoms with van der Waals surface area (Å²) in [4.78, 5) is 10.6. The summed E-state index contributed by atoms with van der Waals surface area (Å²) in [5.41, 5.74) is 2.38. The summed E-state index contributed by atoms with van der Waals surface area (Å²) in [7, 11) is 0. The maximum Gasteiger partial charge on any atom is 0.306 e. The molecule has 0 saturated carbocycles. The van der Waals surface area contributed by atoms with Crippen LogP contribution in [0.25, 0.3) is 21.9 Å². The molecule has 0 fully saturated rings. The topological polar surface area (TPSA) is 65.0 Å². The van der Waals surface area contributed by atoms with E-state index in [0.29, 0.717) is 19.0 Å². The van der Waals surface area contributed by atoms with Gasteiger partial charge in [-0.25, -0.2) is 0 Å². The monoisotopic (exact) mass is 456 g/mol. The van der Waals surface area contributed by atoms with Crippen molar-refractivity contribution in [2.24, 2.45) is 5.92 Å². The van der Waals surface area contributed by atoms with Crippen molar-refractivity contribution in [2.45, 2.75) is 13.3 Å². The molecule has 0 saturated heterocycles. The smallest absolute Gasteiger partial charge is 0.306 e. The SMILES string of the molecule is CC(COc1ccc(OCCC(=O)O)cc1)COc1ccc2ccc(-c3ccccc3)cc2c1. The fourth-order valence-electron chi connectivity index (χ4n) is 3.54. The van der Waals surface area contributed by atoms with E-state index in [-0.39, 0.29) is 18.9 Å². The van der Waals surface area contributed by atoms with Crippen molar-refractivity contribution in [3.63, 3.8) is 0 Å². The number of hydrogen-bond donors (Lipinski definition) is 1. The molecule has 174 valence electrons. The van der Waals surface area contributed by atoms with Gasteiger partial charge in [0, 0.05) is 5.92 Å². The van der Waals surface area contributed by atoms with Crippen molar-refractivity contribution in [1.29, 1.82) is 0 Å². The lowest BCUT2D eigenvalue weighted by Crippen LogP contribution is -2.16. The lowest BCUT2D eigenvalue weighted by Gasteiger charge is -2.15. The van der Waals surface area contributed by atoms with Gasteiger partial charge in [0.25, 0.3) is 0 Å². The Hall–Kier alpha value is -3.99. The van der Waals surface area contributed by atoms with Gasteiger partial charge < -0.3 is 19.3 Å². The van der Waals surface area contributed by atoms with Crippen LogP contribution in [0.4, 0.5) is 0 Å². The molecule has 4 aromatic rings. The molecule has 34 heavy (non-hydrogen) atoms. The van der Waals surface area contributed by atoms with Crippen LogP contribution in [0.15, 0.2) is 91.0 Å². The highest BCUT2D eigenvalue weighted by atomic mass is 16.5. The number of carboxylic acids is 1. The summed E-state index contributed by atoms with van der Waals surface area (Å²) in [5.74, 6) is 1.51. The molecule has 4 aromatic carbocycles. The largest absolute Gasteiger partial charge is 0.493 e. The number of benzene rings is 4. The number of rotatable bonds is 11. The van der Waals surface area contributed by atoms with E-state index in [1.807, 2.05) is 36.4 Å². The van der Waals surface area contributed by atoms with Crippen LogP contribution < -0.4 is 14.2 Å². The lowest BCUT2D eigenvalue weighted by molar-refractivity contribution is -0.137. The highest BCUT2D eigenvalue weighted by Crippen LogP contribution is 2.27. The molecule has 0 aliphatic carbocycles. The van der Waals surface area contributed by atoms with E-state index in [2.05, 4.69) is 49.4 Å². The first kappa shape index (κ1) is 23.2. The molecule has 4 rings (SSSR count). The molecule has 1 unspecified atom stereocenters. The van der Waals surface area contributed by atoms with Crippen LogP contribution in [-0.4, -0.2) is 30.9 Å². The number of aliphatic carboxylic acids is 1. The van der Waals surface area contributed by atoms with Crippen molar-refractivity contribution in [3.8, 4) is 28.4 Å². The van der Waals surface area contributed by atoms with E-state index in [1.54, 1.807) is 12.1 Å². The second-order valence-electron chi connectivity index (χ2n) is 8.28. The Morgan fingerprint density at radius 2 is 1.32 bits per heavy atom. The van der Waals surface area contributed by atoms with E-state index < -0.39 is 5.97 Å². The zero-order valence-electron chi connectivity index (χ0n) is 19.1. The van der Waals surface area contributed by atoms with Gasteiger partial charge in [-0.1, -0.05) is 55.5 Å². The second kappa shape index (κ2) is 11.2. The van der Waals surface area contributed by atoms with Crippen molar-refractivity contribution in [2.75, 3.05) is 19.8 Å². The minimum absolute atomic E-state index is 0.0266. The highest BCUT2D eigenvalue weighted by Gasteiger charge is 2.07. The van der Waals surface area contributed by atoms with Crippen LogP contribution in [0.5, 0.6) is 17.2 Å². The Balaban J connectivity index is 1.28. The normalized spacial score (nSPS) is 11.7. The van der Waals surface area contributed by atoms with Crippen molar-refractivity contribution >= 4 is 16.7 Å². The predicted molar refractivity (Wildman–Crippen MR) is 134 cm³/mol. The average Bonchev–Trinajstić information content (AvgIpc) is 2.87. The third-order valence-electron chi connectivity index (χ3n) is 5.40. The molecule has 1 N–H and O–H groups in total. The van der Waals surface area contributed by atoms with Gasteiger partial charge in [-0.05, 0) is 64.4 Å². The molecule has 0 radical (unpaired) electrons. The van der Waals surface area contributed by atoms with Crippen LogP contribution in [0.1, 0.15) is 13.3 Å². The predicted octanol–water partition coefficient (Wildman–Crippen LogP) is 6.45. The molecule has 0 heterocycles. The van der Waals surface area contributed by atoms with Crippen molar-refractivity contribution in [1.82, 2.24) is 0 Å². The van der Waals surface area contributed by atoms with E-state index in [1.165, 1.54) is 16.5 Å². The van der Waals surface area contributed by atoms with Crippen LogP contribution in [0, 0.1) is 5.92 Å². The lowest BCUT2D eigenvalue weighted by atomic mass is 10.0. The van der Waals surface area contributed by atoms with E-state index >= 15 is 0 Å². The quantitative estimate of drug-likeness (QED) is 0.281. The highest BCUT2D eigenvalue weighted by molar-refractivity contribution is 5.88. The van der Waals surface area contributed by atoms with E-state index in [4.69, 9.17) is 19.3 Å². The van der Waals surface area contributed by atoms with E-state index in [0.717, 1.165) is 16.9 Å². The summed E-state index contributed by atoms with van der Waals surface area (Å²) < 4.78 is 17.3. The van der Waals surface area contributed by atoms with Gasteiger partial charge in [0.15, 0.2) is 0 Å². The number of ether oxygens (including phenoxy) is 3. The molecule has 0 amide bonds. The minimum Gasteiger partial charge on any atom is -0.493 e. The summed E-state index contributed by atoms with van der Waals surface area (Å²) >= 11 is 0. The Kier molecular flexibility index (Phi) is 7.66. The number of carbonyl (C=O) groups is 1. The van der Waals surface area contributed by atoms with Gasteiger partial charge in [0.1, 0.15) is 17.2 Å². The zero-order valence-corrected chi connectivity index (χ0v) is 19.1. The summed E-state index contributed by atoms with van der Waals surface area (Å²) in [5, 5.41) is 11.0. The van der Waals surface area contributed by atoms with Gasteiger partial charge in [-0.3, -0.25) is 4.79 Å². The fourth-order valence-corrected chi connectivity index (χ4v) is 3.54. The zero-order chi connectivity index (χ0) is 23.8. The Morgan fingerprint density at radius 1 is 0.706 bits per heavy atom. The van der Waals surface area contributed by atoms with Crippen LogP contribution in [0.3, 0.4) is 0 Å². The molecule has 1 atom stereocenters. The first-order chi connectivity index (χ1) is 16.6. The number of fused-ring (bicyclic) bond motifs is 1. The van der Waals surface area contributed by atoms with Crippen molar-refractivity contribution in [3.05, 3.63) is 91.0 Å². The Labute approximate surface area is 199 Å². The van der Waals surface area contributed by atoms with Gasteiger partial charge in [-0.2, -0.15) is 0 Å². The van der Waals surface area contributed by atoms with Gasteiger partial charge in [0.05, 0.1) is 26.2 Å². The Bertz CT molecular complexity index is 1220. The van der Waals surface area contributed by atoms with Crippen LogP contribution in [-0.2, 0) is 4.79 Å². The van der Waals surface area contributed by atoms with Gasteiger partial charge in [-0.15, -0.1) is 0 Å². The number of carboxylic acid groups (broad SMARTS) is 1. The van der Waals surface area contributed by atoms with E-state index in [9.17, 15) is 4.79 Å². The molecule has 0 bridgehead atoms. The maximum atomic E-state index is 10.6. The fraction of sp³-hybridized carbons (Fsp3) is 0.207. The maximum absolute atomic E-state index is 10.6. The van der Waals surface area contributed by atoms with Gasteiger partial charge in [0.2, 0.25) is 0 Å². The molecular formula is C29H28O5. The molecule has 0 aromatic heterocycles. The Morgan fingerprint density at radius 3 is 2.03 bits per heavy atom. The average molecular weight is 457 g/mol. The molecular weight excluding hydrogens is 428 g/mol. The molecule has 0 spiro atoms. The molecule has 0 aliphatic rings. The first-order valence-electron chi connectivity index (χ1n) is 11.4. The summed E-state index contributed by atoms with van der Waals surface area (Å²) in [6.45, 7) is 3.29. The minimum atomic E-state index is -0.878. The first-order valence-corrected chi connectivity index (χ1v) is 11.4. The number of hydrogen-bond acceptors (Lipinski definition) is 4. The molecule has 0 aliphatic heterocycles. The molecule has 5 heteroatoms. The van der Waals surface area contributed by atoms with Crippen molar-refractivity contribution < 1.29 is 24.1 Å². The third kappa shape index (κ3) is 6.51. The molecule has 5 nitrogen and oxygen atoms in total. The summed E-state index contributed by atoms with van der Waals surface area (Å²) in [6, 6.07) is 30.2. The van der Waals surface area contributed by atoms with Crippen LogP contribution in [0.2, 0.25) is 0 Å². The van der Waals surface area contributed by atoms with Crippen LogP contribution >= 0.6 is 0 Å². The second-order valence-corrected chi connectivity index (χ2v) is 8.28. The summed E-state index contributed by atoms with van der Waals surface area (Å²) in [6.07, 6.45) is -0.0266. The third-order valence-corrected chi connectivity index (χ3v) is 5.40. The standard InChI is InChI=1S/C29H28O5/c1-21(19-33-27-13-11-26(12-14-27)32-16-15-29(30)31)20-34-28-10-9-23-7-8-24(17-25(23)18-28)22-5-3-2-4-6-22/h2-14,17-18,21H,15-16,19-20H2,1H3,(H,30,31). The van der Waals surface area contributed by atoms with Gasteiger partial charge >= 0.3 is 5.97 Å².